The van der Waals surface area contributed by atoms with Crippen molar-refractivity contribution in [3.8, 4) is 11.8 Å². The lowest BCUT2D eigenvalue weighted by Crippen LogP contribution is -2.35. The number of rotatable bonds is 5. The van der Waals surface area contributed by atoms with E-state index < -0.39 is 0 Å². The van der Waals surface area contributed by atoms with Crippen molar-refractivity contribution in [2.24, 2.45) is 11.8 Å². The highest BCUT2D eigenvalue weighted by molar-refractivity contribution is 5.94. The summed E-state index contributed by atoms with van der Waals surface area (Å²) in [5, 5.41) is 3.06. The maximum absolute atomic E-state index is 13.6. The van der Waals surface area contributed by atoms with Gasteiger partial charge in [0.2, 0.25) is 0 Å². The van der Waals surface area contributed by atoms with E-state index in [2.05, 4.69) is 17.2 Å². The molecule has 1 aliphatic heterocycles. The van der Waals surface area contributed by atoms with Crippen molar-refractivity contribution in [1.82, 2.24) is 5.32 Å². The first-order valence-corrected chi connectivity index (χ1v) is 10.4. The van der Waals surface area contributed by atoms with Gasteiger partial charge in [-0.05, 0) is 67.5 Å². The summed E-state index contributed by atoms with van der Waals surface area (Å²) in [6.45, 7) is 1.49. The van der Waals surface area contributed by atoms with E-state index in [1.807, 2.05) is 0 Å². The number of carbonyl (C=O) groups is 1. The lowest BCUT2D eigenvalue weighted by molar-refractivity contribution is -0.0154. The molecule has 0 aromatic heterocycles. The molecule has 2 aromatic carbocycles. The van der Waals surface area contributed by atoms with Gasteiger partial charge in [-0.3, -0.25) is 4.79 Å². The van der Waals surface area contributed by atoms with E-state index in [4.69, 9.17) is 4.74 Å². The Morgan fingerprint density at radius 2 is 1.83 bits per heavy atom. The maximum atomic E-state index is 13.6. The molecule has 1 saturated heterocycles. The van der Waals surface area contributed by atoms with E-state index >= 15 is 0 Å². The van der Waals surface area contributed by atoms with Crippen LogP contribution in [0.5, 0.6) is 0 Å². The monoisotopic (exact) mass is 391 g/mol. The number of benzene rings is 2. The summed E-state index contributed by atoms with van der Waals surface area (Å²) in [4.78, 5) is 12.5. The summed E-state index contributed by atoms with van der Waals surface area (Å²) in [6, 6.07) is 13.6. The van der Waals surface area contributed by atoms with Gasteiger partial charge in [0.15, 0.2) is 0 Å². The van der Waals surface area contributed by atoms with Gasteiger partial charge < -0.3 is 10.1 Å². The third-order valence-electron chi connectivity index (χ3n) is 5.68. The first-order valence-electron chi connectivity index (χ1n) is 10.4. The molecule has 150 valence electrons. The van der Waals surface area contributed by atoms with Crippen molar-refractivity contribution < 1.29 is 13.9 Å². The van der Waals surface area contributed by atoms with Crippen molar-refractivity contribution in [3.05, 3.63) is 71.0 Å². The van der Waals surface area contributed by atoms with Gasteiger partial charge in [0.05, 0.1) is 11.7 Å². The third-order valence-corrected chi connectivity index (χ3v) is 5.68. The number of ether oxygens (including phenoxy) is 1. The van der Waals surface area contributed by atoms with Crippen LogP contribution >= 0.6 is 0 Å². The van der Waals surface area contributed by atoms with Crippen LogP contribution in [-0.4, -0.2) is 25.2 Å². The second-order valence-electron chi connectivity index (χ2n) is 8.08. The van der Waals surface area contributed by atoms with Crippen LogP contribution in [0.15, 0.2) is 48.5 Å². The minimum Gasteiger partial charge on any atom is -0.378 e. The predicted octanol–water partition coefficient (Wildman–Crippen LogP) is 4.55. The normalized spacial score (nSPS) is 21.1. The number of hydrogen-bond acceptors (Lipinski definition) is 2. The molecule has 1 aliphatic carbocycles. The van der Waals surface area contributed by atoms with Gasteiger partial charge in [0, 0.05) is 24.3 Å². The summed E-state index contributed by atoms with van der Waals surface area (Å²) in [5.41, 5.74) is 1.73. The third kappa shape index (κ3) is 5.68. The molecule has 3 nitrogen and oxygen atoms in total. The molecule has 4 rings (SSSR count). The number of carbonyl (C=O) groups excluding carboxylic acids is 1. The second kappa shape index (κ2) is 9.24. The Labute approximate surface area is 171 Å². The standard InChI is InChI=1S/C25H26FNO2/c26-24-4-2-1-3-21(24)10-7-18-8-11-22(12-9-18)25(28)27-17-20-13-14-29-23(16-20)15-19-5-6-19/h1-4,8-9,11-12,19-20,23H,5-6,13-17H2,(H,27,28). The van der Waals surface area contributed by atoms with Crippen molar-refractivity contribution >= 4 is 5.91 Å². The number of amides is 1. The Hall–Kier alpha value is -2.64. The van der Waals surface area contributed by atoms with Gasteiger partial charge in [-0.25, -0.2) is 4.39 Å². The molecule has 2 unspecified atom stereocenters. The Bertz CT molecular complexity index is 908. The van der Waals surface area contributed by atoms with E-state index in [1.165, 1.54) is 25.3 Å². The fraction of sp³-hybridized carbons (Fsp3) is 0.400. The van der Waals surface area contributed by atoms with Crippen LogP contribution in [0.4, 0.5) is 4.39 Å². The Kier molecular flexibility index (Phi) is 6.27. The fourth-order valence-corrected chi connectivity index (χ4v) is 3.78. The zero-order valence-corrected chi connectivity index (χ0v) is 16.5. The molecular weight excluding hydrogens is 365 g/mol. The Morgan fingerprint density at radius 1 is 1.03 bits per heavy atom. The van der Waals surface area contributed by atoms with Crippen LogP contribution in [0.2, 0.25) is 0 Å². The number of halogens is 1. The molecule has 0 radical (unpaired) electrons. The molecular formula is C25H26FNO2. The topological polar surface area (TPSA) is 38.3 Å². The van der Waals surface area contributed by atoms with Crippen LogP contribution in [-0.2, 0) is 4.74 Å². The van der Waals surface area contributed by atoms with E-state index in [1.54, 1.807) is 42.5 Å². The molecule has 0 bridgehead atoms. The van der Waals surface area contributed by atoms with Gasteiger partial charge >= 0.3 is 0 Å². The van der Waals surface area contributed by atoms with Crippen LogP contribution in [0.3, 0.4) is 0 Å². The van der Waals surface area contributed by atoms with E-state index in [0.717, 1.165) is 30.9 Å². The maximum Gasteiger partial charge on any atom is 0.251 e. The molecule has 29 heavy (non-hydrogen) atoms. The molecule has 2 aliphatic rings. The number of hydrogen-bond donors (Lipinski definition) is 1. The van der Waals surface area contributed by atoms with Crippen molar-refractivity contribution in [1.29, 1.82) is 0 Å². The molecule has 4 heteroatoms. The van der Waals surface area contributed by atoms with Gasteiger partial charge in [-0.1, -0.05) is 36.8 Å². The molecule has 1 heterocycles. The fourth-order valence-electron chi connectivity index (χ4n) is 3.78. The highest BCUT2D eigenvalue weighted by Crippen LogP contribution is 2.36. The van der Waals surface area contributed by atoms with E-state index in [9.17, 15) is 9.18 Å². The first kappa shape index (κ1) is 19.7. The van der Waals surface area contributed by atoms with Crippen molar-refractivity contribution in [3.63, 3.8) is 0 Å². The van der Waals surface area contributed by atoms with Gasteiger partial charge in [0.25, 0.3) is 5.91 Å². The van der Waals surface area contributed by atoms with Gasteiger partial charge in [-0.2, -0.15) is 0 Å². The smallest absolute Gasteiger partial charge is 0.251 e. The minimum atomic E-state index is -0.330. The van der Waals surface area contributed by atoms with Gasteiger partial charge in [0.1, 0.15) is 5.82 Å². The van der Waals surface area contributed by atoms with Crippen LogP contribution in [0.25, 0.3) is 0 Å². The summed E-state index contributed by atoms with van der Waals surface area (Å²) >= 11 is 0. The SMILES string of the molecule is O=C(NCC1CCOC(CC2CC2)C1)c1ccc(C#Cc2ccccc2F)cc1. The highest BCUT2D eigenvalue weighted by atomic mass is 19.1. The minimum absolute atomic E-state index is 0.0659. The number of nitrogens with one attached hydrogen (secondary N) is 1. The molecule has 2 atom stereocenters. The van der Waals surface area contributed by atoms with Crippen LogP contribution in [0.1, 0.15) is 53.6 Å². The summed E-state index contributed by atoms with van der Waals surface area (Å²) in [7, 11) is 0. The zero-order chi connectivity index (χ0) is 20.1. The zero-order valence-electron chi connectivity index (χ0n) is 16.5. The summed E-state index contributed by atoms with van der Waals surface area (Å²) in [5.74, 6) is 6.73. The van der Waals surface area contributed by atoms with E-state index in [0.29, 0.717) is 29.7 Å². The molecule has 1 N–H and O–H groups in total. The van der Waals surface area contributed by atoms with Crippen molar-refractivity contribution in [2.45, 2.75) is 38.2 Å². The molecule has 1 saturated carbocycles. The molecule has 0 spiro atoms. The lowest BCUT2D eigenvalue weighted by atomic mass is 9.93. The van der Waals surface area contributed by atoms with Crippen LogP contribution < -0.4 is 5.32 Å². The summed E-state index contributed by atoms with van der Waals surface area (Å²) in [6.07, 6.45) is 6.29. The largest absolute Gasteiger partial charge is 0.378 e. The average Bonchev–Trinajstić information content (AvgIpc) is 3.56. The highest BCUT2D eigenvalue weighted by Gasteiger charge is 2.30. The Balaban J connectivity index is 1.28. The van der Waals surface area contributed by atoms with E-state index in [-0.39, 0.29) is 11.7 Å². The van der Waals surface area contributed by atoms with Gasteiger partial charge in [-0.15, -0.1) is 0 Å². The average molecular weight is 391 g/mol. The molecule has 2 aromatic rings. The quantitative estimate of drug-likeness (QED) is 0.760. The second-order valence-corrected chi connectivity index (χ2v) is 8.08. The first-order chi connectivity index (χ1) is 14.2. The molecule has 1 amide bonds. The Morgan fingerprint density at radius 3 is 2.59 bits per heavy atom. The van der Waals surface area contributed by atoms with Crippen LogP contribution in [0, 0.1) is 29.5 Å². The predicted molar refractivity (Wildman–Crippen MR) is 111 cm³/mol. The lowest BCUT2D eigenvalue weighted by Gasteiger charge is -2.29. The summed E-state index contributed by atoms with van der Waals surface area (Å²) < 4.78 is 19.5. The molecule has 2 fully saturated rings. The van der Waals surface area contributed by atoms with Crippen molar-refractivity contribution in [2.75, 3.05) is 13.2 Å².